The van der Waals surface area contributed by atoms with Gasteiger partial charge >= 0.3 is 0 Å². The molecule has 0 aliphatic carbocycles. The molecule has 0 heterocycles. The average Bonchev–Trinajstić information content (AvgIpc) is 2.09. The Labute approximate surface area is 74.8 Å². The Morgan fingerprint density at radius 3 is 2.83 bits per heavy atom. The van der Waals surface area contributed by atoms with Gasteiger partial charge in [-0.15, -0.1) is 0 Å². The molecule has 68 valence electrons. The van der Waals surface area contributed by atoms with Crippen LogP contribution in [0.4, 0.5) is 0 Å². The summed E-state index contributed by atoms with van der Waals surface area (Å²) in [5.74, 6) is 0. The fraction of sp³-hybridized carbons (Fsp3) is 0.700. The minimum absolute atomic E-state index is 0.514. The predicted molar refractivity (Wildman–Crippen MR) is 49.7 cm³/mol. The molecular formula is C10H17NO. The van der Waals surface area contributed by atoms with Crippen molar-refractivity contribution in [3.8, 4) is 6.07 Å². The minimum atomic E-state index is 0.514. The van der Waals surface area contributed by atoms with E-state index in [1.54, 1.807) is 0 Å². The molecule has 0 N–H and O–H groups in total. The normalized spacial score (nSPS) is 11.2. The van der Waals surface area contributed by atoms with Crippen LogP contribution in [0, 0.1) is 11.3 Å². The number of nitrogens with zero attached hydrogens (tertiary/aromatic N) is 1. The zero-order chi connectivity index (χ0) is 9.23. The topological polar surface area (TPSA) is 33.0 Å². The van der Waals surface area contributed by atoms with Crippen LogP contribution in [0.15, 0.2) is 11.6 Å². The van der Waals surface area contributed by atoms with Crippen LogP contribution in [0.3, 0.4) is 0 Å². The highest BCUT2D eigenvalue weighted by atomic mass is 16.5. The van der Waals surface area contributed by atoms with Gasteiger partial charge in [-0.1, -0.05) is 18.6 Å². The molecule has 12 heavy (non-hydrogen) atoms. The van der Waals surface area contributed by atoms with Crippen molar-refractivity contribution in [2.24, 2.45) is 0 Å². The van der Waals surface area contributed by atoms with Crippen molar-refractivity contribution >= 4 is 0 Å². The van der Waals surface area contributed by atoms with E-state index < -0.39 is 0 Å². The van der Waals surface area contributed by atoms with Gasteiger partial charge in [-0.2, -0.15) is 5.26 Å². The van der Waals surface area contributed by atoms with E-state index in [-0.39, 0.29) is 0 Å². The van der Waals surface area contributed by atoms with Gasteiger partial charge in [0.15, 0.2) is 0 Å². The summed E-state index contributed by atoms with van der Waals surface area (Å²) in [7, 11) is 0. The van der Waals surface area contributed by atoms with Crippen LogP contribution in [0.2, 0.25) is 0 Å². The van der Waals surface area contributed by atoms with Gasteiger partial charge in [0.05, 0.1) is 19.1 Å². The Morgan fingerprint density at radius 2 is 2.25 bits per heavy atom. The fourth-order valence-electron chi connectivity index (χ4n) is 0.801. The van der Waals surface area contributed by atoms with Crippen LogP contribution < -0.4 is 0 Å². The van der Waals surface area contributed by atoms with E-state index in [4.69, 9.17) is 10.00 Å². The molecule has 0 aliphatic rings. The summed E-state index contributed by atoms with van der Waals surface area (Å²) in [6.45, 7) is 5.75. The van der Waals surface area contributed by atoms with E-state index in [9.17, 15) is 0 Å². The van der Waals surface area contributed by atoms with Gasteiger partial charge in [-0.3, -0.25) is 0 Å². The monoisotopic (exact) mass is 167 g/mol. The third-order valence-electron chi connectivity index (χ3n) is 1.53. The summed E-state index contributed by atoms with van der Waals surface area (Å²) in [4.78, 5) is 0. The van der Waals surface area contributed by atoms with E-state index in [0.717, 1.165) is 26.1 Å². The largest absolute Gasteiger partial charge is 0.381 e. The maximum absolute atomic E-state index is 8.30. The van der Waals surface area contributed by atoms with Gasteiger partial charge in [0.1, 0.15) is 0 Å². The molecule has 0 saturated carbocycles. The first-order valence-corrected chi connectivity index (χ1v) is 4.41. The number of rotatable bonds is 6. The molecule has 0 atom stereocenters. The highest BCUT2D eigenvalue weighted by Gasteiger charge is 1.89. The molecule has 0 aromatic carbocycles. The van der Waals surface area contributed by atoms with Crippen molar-refractivity contribution in [2.45, 2.75) is 33.1 Å². The first-order valence-electron chi connectivity index (χ1n) is 4.41. The number of allylic oxidation sites excluding steroid dienone is 1. The van der Waals surface area contributed by atoms with Crippen molar-refractivity contribution in [1.82, 2.24) is 0 Å². The first kappa shape index (κ1) is 11.2. The maximum atomic E-state index is 8.30. The average molecular weight is 167 g/mol. The van der Waals surface area contributed by atoms with Gasteiger partial charge in [0.2, 0.25) is 0 Å². The molecule has 0 radical (unpaired) electrons. The summed E-state index contributed by atoms with van der Waals surface area (Å²) < 4.78 is 5.31. The van der Waals surface area contributed by atoms with Gasteiger partial charge in [-0.05, 0) is 19.8 Å². The summed E-state index contributed by atoms with van der Waals surface area (Å²) in [5, 5.41) is 8.30. The molecule has 2 heteroatoms. The number of hydrogen-bond donors (Lipinski definition) is 0. The molecule has 0 spiro atoms. The highest BCUT2D eigenvalue weighted by molar-refractivity contribution is 5.01. The molecule has 0 bridgehead atoms. The molecule has 0 saturated heterocycles. The van der Waals surface area contributed by atoms with Crippen molar-refractivity contribution in [1.29, 1.82) is 5.26 Å². The lowest BCUT2D eigenvalue weighted by Gasteiger charge is -2.01. The molecule has 2 nitrogen and oxygen atoms in total. The van der Waals surface area contributed by atoms with Crippen molar-refractivity contribution < 1.29 is 4.74 Å². The van der Waals surface area contributed by atoms with Crippen molar-refractivity contribution in [2.75, 3.05) is 13.2 Å². The second kappa shape index (κ2) is 8.29. The molecule has 0 aromatic rings. The van der Waals surface area contributed by atoms with E-state index in [1.807, 2.05) is 13.0 Å². The summed E-state index contributed by atoms with van der Waals surface area (Å²) in [6, 6.07) is 2.08. The van der Waals surface area contributed by atoms with E-state index in [1.165, 1.54) is 5.57 Å². The summed E-state index contributed by atoms with van der Waals surface area (Å²) >= 11 is 0. The van der Waals surface area contributed by atoms with E-state index in [0.29, 0.717) is 6.42 Å². The Bertz CT molecular complexity index is 167. The third kappa shape index (κ3) is 7.30. The molecule has 0 aliphatic heterocycles. The molecular weight excluding hydrogens is 150 g/mol. The molecule has 0 amide bonds. The van der Waals surface area contributed by atoms with Crippen LogP contribution in [0.5, 0.6) is 0 Å². The van der Waals surface area contributed by atoms with Crippen LogP contribution in [0.25, 0.3) is 0 Å². The fourth-order valence-corrected chi connectivity index (χ4v) is 0.801. The zero-order valence-electron chi connectivity index (χ0n) is 7.97. The van der Waals surface area contributed by atoms with E-state index in [2.05, 4.69) is 13.0 Å². The van der Waals surface area contributed by atoms with Crippen LogP contribution >= 0.6 is 0 Å². The number of ether oxygens (including phenoxy) is 1. The van der Waals surface area contributed by atoms with Crippen LogP contribution in [0.1, 0.15) is 33.1 Å². The van der Waals surface area contributed by atoms with Crippen LogP contribution in [-0.2, 0) is 4.74 Å². The summed E-state index contributed by atoms with van der Waals surface area (Å²) in [6.07, 6.45) is 4.48. The SMILES string of the molecule is CCCOCC/C(C)=C\CC#N. The standard InChI is InChI=1S/C10H17NO/c1-3-8-12-9-6-10(2)5-4-7-11/h5H,3-4,6,8-9H2,1-2H3/b10-5-. The second-order valence-electron chi connectivity index (χ2n) is 2.78. The first-order chi connectivity index (χ1) is 5.81. The van der Waals surface area contributed by atoms with Gasteiger partial charge in [0.25, 0.3) is 0 Å². The Morgan fingerprint density at radius 1 is 1.50 bits per heavy atom. The smallest absolute Gasteiger partial charge is 0.0663 e. The minimum Gasteiger partial charge on any atom is -0.381 e. The Balaban J connectivity index is 3.31. The number of hydrogen-bond acceptors (Lipinski definition) is 2. The maximum Gasteiger partial charge on any atom is 0.0663 e. The number of nitriles is 1. The molecule has 0 rings (SSSR count). The van der Waals surface area contributed by atoms with E-state index >= 15 is 0 Å². The quantitative estimate of drug-likeness (QED) is 0.450. The summed E-state index contributed by atoms with van der Waals surface area (Å²) in [5.41, 5.74) is 1.24. The van der Waals surface area contributed by atoms with Gasteiger partial charge < -0.3 is 4.74 Å². The Hall–Kier alpha value is -0.810. The Kier molecular flexibility index (Phi) is 7.73. The lowest BCUT2D eigenvalue weighted by atomic mass is 10.2. The highest BCUT2D eigenvalue weighted by Crippen LogP contribution is 2.01. The zero-order valence-corrected chi connectivity index (χ0v) is 7.97. The molecule has 0 aromatic heterocycles. The van der Waals surface area contributed by atoms with Crippen molar-refractivity contribution in [3.63, 3.8) is 0 Å². The van der Waals surface area contributed by atoms with Gasteiger partial charge in [0, 0.05) is 6.61 Å². The third-order valence-corrected chi connectivity index (χ3v) is 1.53. The lowest BCUT2D eigenvalue weighted by molar-refractivity contribution is 0.138. The molecule has 0 fully saturated rings. The van der Waals surface area contributed by atoms with Crippen LogP contribution in [-0.4, -0.2) is 13.2 Å². The van der Waals surface area contributed by atoms with Gasteiger partial charge in [-0.25, -0.2) is 0 Å². The lowest BCUT2D eigenvalue weighted by Crippen LogP contribution is -1.95. The second-order valence-corrected chi connectivity index (χ2v) is 2.78. The van der Waals surface area contributed by atoms with Crippen molar-refractivity contribution in [3.05, 3.63) is 11.6 Å². The molecule has 0 unspecified atom stereocenters. The predicted octanol–water partition coefficient (Wildman–Crippen LogP) is 2.66.